The van der Waals surface area contributed by atoms with Gasteiger partial charge in [-0.25, -0.2) is 4.99 Å². The first-order valence-corrected chi connectivity index (χ1v) is 6.62. The third-order valence-electron chi connectivity index (χ3n) is 2.37. The monoisotopic (exact) mass is 317 g/mol. The van der Waals surface area contributed by atoms with E-state index < -0.39 is 0 Å². The molecule has 0 aliphatic carbocycles. The number of aliphatic imine (C=N–C) groups is 2. The zero-order chi connectivity index (χ0) is 14.1. The van der Waals surface area contributed by atoms with Gasteiger partial charge in [-0.2, -0.15) is 4.99 Å². The van der Waals surface area contributed by atoms with Crippen LogP contribution in [-0.2, 0) is 6.54 Å². The number of hydrogen-bond acceptors (Lipinski definition) is 1. The molecule has 0 bridgehead atoms. The maximum Gasteiger partial charge on any atom is 0.221 e. The zero-order valence-electron chi connectivity index (χ0n) is 11.5. The van der Waals surface area contributed by atoms with Crippen molar-refractivity contribution in [1.29, 1.82) is 0 Å². The van der Waals surface area contributed by atoms with E-state index in [-0.39, 0.29) is 18.4 Å². The van der Waals surface area contributed by atoms with Gasteiger partial charge in [0.2, 0.25) is 5.96 Å². The lowest BCUT2D eigenvalue weighted by molar-refractivity contribution is 0.748. The van der Waals surface area contributed by atoms with E-state index in [2.05, 4.69) is 22.2 Å². The van der Waals surface area contributed by atoms with E-state index in [0.717, 1.165) is 24.9 Å². The van der Waals surface area contributed by atoms with E-state index in [1.165, 1.54) is 0 Å². The lowest BCUT2D eigenvalue weighted by atomic mass is 10.2. The largest absolute Gasteiger partial charge is 0.370 e. The Labute approximate surface area is 130 Å². The molecule has 0 aliphatic rings. The number of nitrogens with one attached hydrogen (secondary N) is 1. The Hall–Kier alpha value is -1.46. The smallest absolute Gasteiger partial charge is 0.221 e. The van der Waals surface area contributed by atoms with Crippen LogP contribution in [0.1, 0.15) is 25.3 Å². The lowest BCUT2D eigenvalue weighted by Crippen LogP contribution is -2.30. The van der Waals surface area contributed by atoms with Crippen LogP contribution in [0.5, 0.6) is 0 Å². The molecule has 20 heavy (non-hydrogen) atoms. The van der Waals surface area contributed by atoms with Crippen LogP contribution in [-0.4, -0.2) is 18.5 Å². The Morgan fingerprint density at radius 3 is 2.45 bits per heavy atom. The maximum atomic E-state index is 5.82. The molecule has 112 valence electrons. The van der Waals surface area contributed by atoms with Gasteiger partial charge in [-0.1, -0.05) is 37.1 Å². The van der Waals surface area contributed by atoms with Gasteiger partial charge in [0.15, 0.2) is 5.96 Å². The van der Waals surface area contributed by atoms with Gasteiger partial charge in [0, 0.05) is 11.6 Å². The Morgan fingerprint density at radius 2 is 1.90 bits per heavy atom. The molecular formula is C13H21Cl2N5. The molecular weight excluding hydrogens is 297 g/mol. The van der Waals surface area contributed by atoms with E-state index in [1.54, 1.807) is 0 Å². The Morgan fingerprint density at radius 1 is 1.25 bits per heavy atom. The first-order chi connectivity index (χ1) is 9.11. The summed E-state index contributed by atoms with van der Waals surface area (Å²) < 4.78 is 0. The molecule has 0 saturated carbocycles. The fourth-order valence-corrected chi connectivity index (χ4v) is 1.51. The summed E-state index contributed by atoms with van der Waals surface area (Å²) in [7, 11) is 0. The first kappa shape index (κ1) is 18.5. The van der Waals surface area contributed by atoms with Gasteiger partial charge < -0.3 is 16.8 Å². The molecule has 0 unspecified atom stereocenters. The van der Waals surface area contributed by atoms with Crippen LogP contribution in [0.2, 0.25) is 5.02 Å². The van der Waals surface area contributed by atoms with E-state index in [9.17, 15) is 0 Å². The number of unbranched alkanes of at least 4 members (excludes halogenated alkanes) is 1. The van der Waals surface area contributed by atoms with Crippen molar-refractivity contribution >= 4 is 35.9 Å². The molecule has 0 radical (unpaired) electrons. The number of rotatable bonds is 5. The zero-order valence-corrected chi connectivity index (χ0v) is 13.0. The van der Waals surface area contributed by atoms with Gasteiger partial charge in [0.1, 0.15) is 0 Å². The van der Waals surface area contributed by atoms with Crippen molar-refractivity contribution in [3.8, 4) is 0 Å². The molecule has 1 aromatic carbocycles. The molecule has 0 spiro atoms. The molecule has 7 heteroatoms. The average molecular weight is 318 g/mol. The molecule has 0 aliphatic heterocycles. The number of nitrogens with zero attached hydrogens (tertiary/aromatic N) is 2. The fraction of sp³-hybridized carbons (Fsp3) is 0.385. The van der Waals surface area contributed by atoms with Gasteiger partial charge >= 0.3 is 0 Å². The minimum Gasteiger partial charge on any atom is -0.370 e. The van der Waals surface area contributed by atoms with Crippen LogP contribution in [0.4, 0.5) is 0 Å². The van der Waals surface area contributed by atoms with Crippen LogP contribution >= 0.6 is 24.0 Å². The van der Waals surface area contributed by atoms with Gasteiger partial charge in [0.25, 0.3) is 0 Å². The molecule has 0 heterocycles. The highest BCUT2D eigenvalue weighted by Gasteiger charge is 1.97. The molecule has 0 aromatic heterocycles. The summed E-state index contributed by atoms with van der Waals surface area (Å²) in [5.41, 5.74) is 11.8. The normalized spacial score (nSPS) is 10.6. The number of nitrogens with two attached hydrogens (primary N) is 2. The van der Waals surface area contributed by atoms with Crippen LogP contribution < -0.4 is 16.8 Å². The van der Waals surface area contributed by atoms with Crippen molar-refractivity contribution in [2.75, 3.05) is 6.54 Å². The average Bonchev–Trinajstić information content (AvgIpc) is 2.37. The summed E-state index contributed by atoms with van der Waals surface area (Å²) in [4.78, 5) is 8.32. The number of halogens is 2. The van der Waals surface area contributed by atoms with Crippen molar-refractivity contribution in [3.63, 3.8) is 0 Å². The topological polar surface area (TPSA) is 88.8 Å². The molecule has 0 saturated heterocycles. The minimum atomic E-state index is -0.00106. The molecule has 0 amide bonds. The third-order valence-corrected chi connectivity index (χ3v) is 2.63. The second kappa shape index (κ2) is 10.3. The number of benzene rings is 1. The van der Waals surface area contributed by atoms with Crippen LogP contribution in [0, 0.1) is 0 Å². The molecule has 1 aromatic rings. The van der Waals surface area contributed by atoms with Gasteiger partial charge in [-0.05, 0) is 24.1 Å². The molecule has 0 fully saturated rings. The Kier molecular flexibility index (Phi) is 9.59. The minimum absolute atomic E-state index is 0. The highest BCUT2D eigenvalue weighted by molar-refractivity contribution is 6.30. The summed E-state index contributed by atoms with van der Waals surface area (Å²) in [5, 5.41) is 3.82. The van der Waals surface area contributed by atoms with Crippen LogP contribution in [0.3, 0.4) is 0 Å². The quantitative estimate of drug-likeness (QED) is 0.442. The predicted octanol–water partition coefficient (Wildman–Crippen LogP) is 2.28. The Bertz CT molecular complexity index is 439. The van der Waals surface area contributed by atoms with E-state index in [0.29, 0.717) is 17.5 Å². The van der Waals surface area contributed by atoms with Gasteiger partial charge in [-0.15, -0.1) is 12.4 Å². The van der Waals surface area contributed by atoms with Crippen LogP contribution in [0.15, 0.2) is 34.3 Å². The van der Waals surface area contributed by atoms with Crippen molar-refractivity contribution in [2.24, 2.45) is 21.5 Å². The predicted molar refractivity (Wildman–Crippen MR) is 88.6 cm³/mol. The second-order valence-electron chi connectivity index (χ2n) is 4.08. The number of guanidine groups is 2. The first-order valence-electron chi connectivity index (χ1n) is 6.24. The highest BCUT2D eigenvalue weighted by Crippen LogP contribution is 2.10. The third kappa shape index (κ3) is 7.86. The molecule has 5 nitrogen and oxygen atoms in total. The van der Waals surface area contributed by atoms with E-state index >= 15 is 0 Å². The Balaban J connectivity index is 0.00000361. The van der Waals surface area contributed by atoms with Crippen molar-refractivity contribution < 1.29 is 0 Å². The fourth-order valence-electron chi connectivity index (χ4n) is 1.39. The van der Waals surface area contributed by atoms with Gasteiger partial charge in [-0.3, -0.25) is 0 Å². The van der Waals surface area contributed by atoms with Gasteiger partial charge in [0.05, 0.1) is 6.54 Å². The molecule has 5 N–H and O–H groups in total. The summed E-state index contributed by atoms with van der Waals surface area (Å²) in [6.07, 6.45) is 2.14. The second-order valence-corrected chi connectivity index (χ2v) is 4.52. The standard InChI is InChI=1S/C13H20ClN5.ClH/c1-2-3-8-17-13(19-12(15)16)18-9-10-4-6-11(14)7-5-10;/h4-7H,2-3,8-9H2,1H3,(H5,15,16,17,18,19);1H. The summed E-state index contributed by atoms with van der Waals surface area (Å²) >= 11 is 5.82. The molecule has 0 atom stereocenters. The summed E-state index contributed by atoms with van der Waals surface area (Å²) in [6.45, 7) is 3.42. The summed E-state index contributed by atoms with van der Waals surface area (Å²) in [5.74, 6) is 0.460. The highest BCUT2D eigenvalue weighted by atomic mass is 35.5. The summed E-state index contributed by atoms with van der Waals surface area (Å²) in [6, 6.07) is 7.50. The van der Waals surface area contributed by atoms with E-state index in [1.807, 2.05) is 24.3 Å². The number of hydrogen-bond donors (Lipinski definition) is 3. The van der Waals surface area contributed by atoms with Crippen LogP contribution in [0.25, 0.3) is 0 Å². The lowest BCUT2D eigenvalue weighted by Gasteiger charge is -2.05. The van der Waals surface area contributed by atoms with Crippen molar-refractivity contribution in [1.82, 2.24) is 5.32 Å². The maximum absolute atomic E-state index is 5.82. The van der Waals surface area contributed by atoms with E-state index in [4.69, 9.17) is 23.1 Å². The van der Waals surface area contributed by atoms with Crippen molar-refractivity contribution in [2.45, 2.75) is 26.3 Å². The SMILES string of the molecule is CCCCNC(N=C(N)N)=NCc1ccc(Cl)cc1.Cl. The van der Waals surface area contributed by atoms with Crippen molar-refractivity contribution in [3.05, 3.63) is 34.9 Å². The molecule has 1 rings (SSSR count).